The Balaban J connectivity index is 2.06. The third kappa shape index (κ3) is 7.93. The van der Waals surface area contributed by atoms with E-state index in [1.807, 2.05) is 0 Å². The van der Waals surface area contributed by atoms with Crippen LogP contribution in [0.2, 0.25) is 0 Å². The number of rotatable bonds is 7. The molecule has 1 fully saturated rings. The minimum atomic E-state index is -0.296. The fraction of sp³-hybridized carbons (Fsp3) is 0.667. The molecule has 3 heteroatoms. The smallest absolute Gasteiger partial charge is 0.407 e. The van der Waals surface area contributed by atoms with Crippen molar-refractivity contribution in [1.29, 1.82) is 0 Å². The standard InChI is InChI=1S/C15H25NO2/c1-12(2)5-4-6-13(3)9-10-16-15(17)18-11-14-7-8-14/h5,9,14H,4,6-8,10-11H2,1-3H3,(H,16,17)/b13-9-. The van der Waals surface area contributed by atoms with Gasteiger partial charge >= 0.3 is 6.09 Å². The van der Waals surface area contributed by atoms with Crippen molar-refractivity contribution < 1.29 is 9.53 Å². The predicted molar refractivity (Wildman–Crippen MR) is 74.5 cm³/mol. The van der Waals surface area contributed by atoms with Gasteiger partial charge in [-0.1, -0.05) is 23.3 Å². The van der Waals surface area contributed by atoms with Crippen LogP contribution in [0.5, 0.6) is 0 Å². The Morgan fingerprint density at radius 1 is 1.28 bits per heavy atom. The molecule has 0 aromatic rings. The van der Waals surface area contributed by atoms with Crippen molar-refractivity contribution in [1.82, 2.24) is 5.32 Å². The molecule has 1 N–H and O–H groups in total. The van der Waals surface area contributed by atoms with Gasteiger partial charge in [0.05, 0.1) is 6.61 Å². The van der Waals surface area contributed by atoms with Gasteiger partial charge in [-0.3, -0.25) is 0 Å². The molecule has 0 saturated heterocycles. The Labute approximate surface area is 110 Å². The van der Waals surface area contributed by atoms with E-state index in [0.29, 0.717) is 19.1 Å². The van der Waals surface area contributed by atoms with Crippen molar-refractivity contribution in [2.45, 2.75) is 46.5 Å². The minimum absolute atomic E-state index is 0.296. The molecule has 0 radical (unpaired) electrons. The van der Waals surface area contributed by atoms with Gasteiger partial charge in [0.25, 0.3) is 0 Å². The summed E-state index contributed by atoms with van der Waals surface area (Å²) in [7, 11) is 0. The lowest BCUT2D eigenvalue weighted by atomic mass is 10.1. The number of carbonyl (C=O) groups is 1. The fourth-order valence-electron chi connectivity index (χ4n) is 1.53. The third-order valence-electron chi connectivity index (χ3n) is 2.94. The summed E-state index contributed by atoms with van der Waals surface area (Å²) in [6, 6.07) is 0. The molecule has 0 atom stereocenters. The van der Waals surface area contributed by atoms with Crippen LogP contribution in [0.25, 0.3) is 0 Å². The second-order valence-corrected chi connectivity index (χ2v) is 5.29. The van der Waals surface area contributed by atoms with E-state index in [0.717, 1.165) is 12.8 Å². The van der Waals surface area contributed by atoms with Gasteiger partial charge in [0.2, 0.25) is 0 Å². The van der Waals surface area contributed by atoms with E-state index in [9.17, 15) is 4.79 Å². The van der Waals surface area contributed by atoms with Crippen LogP contribution in [0.3, 0.4) is 0 Å². The first-order valence-electron chi connectivity index (χ1n) is 6.77. The number of nitrogens with one attached hydrogen (secondary N) is 1. The zero-order valence-electron chi connectivity index (χ0n) is 11.8. The Bertz CT molecular complexity index is 323. The molecule has 3 nitrogen and oxygen atoms in total. The normalized spacial score (nSPS) is 15.2. The topological polar surface area (TPSA) is 38.3 Å². The lowest BCUT2D eigenvalue weighted by Gasteiger charge is -2.05. The van der Waals surface area contributed by atoms with Crippen LogP contribution in [0.1, 0.15) is 46.5 Å². The molecule has 102 valence electrons. The molecule has 0 aliphatic heterocycles. The van der Waals surface area contributed by atoms with Gasteiger partial charge in [0, 0.05) is 6.54 Å². The first-order valence-corrected chi connectivity index (χ1v) is 6.77. The molecule has 18 heavy (non-hydrogen) atoms. The Kier molecular flexibility index (Phi) is 6.55. The molecule has 0 spiro atoms. The van der Waals surface area contributed by atoms with E-state index < -0.39 is 0 Å². The van der Waals surface area contributed by atoms with Crippen LogP contribution in [0.4, 0.5) is 4.79 Å². The third-order valence-corrected chi connectivity index (χ3v) is 2.94. The maximum atomic E-state index is 11.3. The van der Waals surface area contributed by atoms with Crippen molar-refractivity contribution in [3.63, 3.8) is 0 Å². The van der Waals surface area contributed by atoms with Crippen LogP contribution in [-0.4, -0.2) is 19.2 Å². The van der Waals surface area contributed by atoms with E-state index in [-0.39, 0.29) is 6.09 Å². The van der Waals surface area contributed by atoms with E-state index in [4.69, 9.17) is 4.74 Å². The summed E-state index contributed by atoms with van der Waals surface area (Å²) in [5.41, 5.74) is 2.65. The first-order chi connectivity index (χ1) is 8.58. The number of amides is 1. The predicted octanol–water partition coefficient (Wildman–Crippen LogP) is 3.82. The molecule has 1 rings (SSSR count). The zero-order chi connectivity index (χ0) is 13.4. The average Bonchev–Trinajstić information content (AvgIpc) is 3.09. The second-order valence-electron chi connectivity index (χ2n) is 5.29. The van der Waals surface area contributed by atoms with Crippen LogP contribution in [0, 0.1) is 5.92 Å². The lowest BCUT2D eigenvalue weighted by molar-refractivity contribution is 0.142. The molecule has 0 unspecified atom stereocenters. The van der Waals surface area contributed by atoms with Crippen LogP contribution < -0.4 is 5.32 Å². The molecule has 0 heterocycles. The van der Waals surface area contributed by atoms with Gasteiger partial charge in [-0.15, -0.1) is 0 Å². The Morgan fingerprint density at radius 3 is 2.61 bits per heavy atom. The van der Waals surface area contributed by atoms with Gasteiger partial charge in [-0.05, 0) is 52.4 Å². The number of allylic oxidation sites excluding steroid dienone is 3. The Morgan fingerprint density at radius 2 is 2.00 bits per heavy atom. The van der Waals surface area contributed by atoms with Crippen molar-refractivity contribution in [2.75, 3.05) is 13.2 Å². The summed E-state index contributed by atoms with van der Waals surface area (Å²) in [5, 5.41) is 2.74. The molecular formula is C15H25NO2. The quantitative estimate of drug-likeness (QED) is 0.699. The summed E-state index contributed by atoms with van der Waals surface area (Å²) in [6.45, 7) is 7.45. The molecular weight excluding hydrogens is 226 g/mol. The molecule has 0 bridgehead atoms. The van der Waals surface area contributed by atoms with Crippen molar-refractivity contribution in [3.05, 3.63) is 23.3 Å². The summed E-state index contributed by atoms with van der Waals surface area (Å²) in [5.74, 6) is 0.622. The molecule has 1 aliphatic rings. The van der Waals surface area contributed by atoms with E-state index in [1.54, 1.807) is 0 Å². The summed E-state index contributed by atoms with van der Waals surface area (Å²) >= 11 is 0. The largest absolute Gasteiger partial charge is 0.449 e. The lowest BCUT2D eigenvalue weighted by Crippen LogP contribution is -2.25. The number of hydrogen-bond donors (Lipinski definition) is 1. The van der Waals surface area contributed by atoms with Gasteiger partial charge in [0.1, 0.15) is 0 Å². The SMILES string of the molecule is CC(C)=CCC/C(C)=C\CNC(=O)OCC1CC1. The molecule has 0 aromatic carbocycles. The van der Waals surface area contributed by atoms with Crippen LogP contribution in [0.15, 0.2) is 23.3 Å². The van der Waals surface area contributed by atoms with Crippen molar-refractivity contribution in [2.24, 2.45) is 5.92 Å². The highest BCUT2D eigenvalue weighted by Gasteiger charge is 2.22. The maximum Gasteiger partial charge on any atom is 0.407 e. The van der Waals surface area contributed by atoms with Gasteiger partial charge in [-0.25, -0.2) is 4.79 Å². The fourth-order valence-corrected chi connectivity index (χ4v) is 1.53. The zero-order valence-corrected chi connectivity index (χ0v) is 11.8. The number of hydrogen-bond acceptors (Lipinski definition) is 2. The van der Waals surface area contributed by atoms with E-state index >= 15 is 0 Å². The van der Waals surface area contributed by atoms with E-state index in [1.165, 1.54) is 24.0 Å². The molecule has 1 saturated carbocycles. The average molecular weight is 251 g/mol. The summed E-state index contributed by atoms with van der Waals surface area (Å²) < 4.78 is 5.07. The highest BCUT2D eigenvalue weighted by atomic mass is 16.5. The van der Waals surface area contributed by atoms with Gasteiger partial charge < -0.3 is 10.1 Å². The minimum Gasteiger partial charge on any atom is -0.449 e. The molecule has 1 aliphatic carbocycles. The highest BCUT2D eigenvalue weighted by Crippen LogP contribution is 2.28. The number of carbonyl (C=O) groups excluding carboxylic acids is 1. The molecule has 0 aromatic heterocycles. The summed E-state index contributed by atoms with van der Waals surface area (Å²) in [4.78, 5) is 11.3. The number of ether oxygens (including phenoxy) is 1. The first kappa shape index (κ1) is 14.8. The van der Waals surface area contributed by atoms with Gasteiger partial charge in [-0.2, -0.15) is 0 Å². The van der Waals surface area contributed by atoms with E-state index in [2.05, 4.69) is 38.2 Å². The van der Waals surface area contributed by atoms with Crippen LogP contribution in [-0.2, 0) is 4.74 Å². The monoisotopic (exact) mass is 251 g/mol. The summed E-state index contributed by atoms with van der Waals surface area (Å²) in [6.07, 6.45) is 8.51. The number of alkyl carbamates (subject to hydrolysis) is 1. The van der Waals surface area contributed by atoms with Gasteiger partial charge in [0.15, 0.2) is 0 Å². The highest BCUT2D eigenvalue weighted by molar-refractivity contribution is 5.67. The Hall–Kier alpha value is -1.25. The van der Waals surface area contributed by atoms with Crippen LogP contribution >= 0.6 is 0 Å². The maximum absolute atomic E-state index is 11.3. The van der Waals surface area contributed by atoms with Crippen molar-refractivity contribution >= 4 is 6.09 Å². The van der Waals surface area contributed by atoms with Crippen molar-refractivity contribution in [3.8, 4) is 0 Å². The molecule has 1 amide bonds. The second kappa shape index (κ2) is 7.96.